The molecule has 0 unspecified atom stereocenters. The van der Waals surface area contributed by atoms with Crippen LogP contribution in [0, 0.1) is 6.92 Å². The van der Waals surface area contributed by atoms with Crippen LogP contribution >= 0.6 is 0 Å². The Labute approximate surface area is 175 Å². The standard InChI is InChI=1S/C21H28N8O/c1-14-16(7-8-17(24-14)29-9-11-30-12-10-29)26-21-27-19-18(22-13-23-19)20(28-21)25-15-5-3-2-4-6-15/h7-8,13,15H,2-6,9-12H2,1H3,(H3,22,23,25,26,27,28). The summed E-state index contributed by atoms with van der Waals surface area (Å²) in [5.41, 5.74) is 3.31. The van der Waals surface area contributed by atoms with Gasteiger partial charge in [0.1, 0.15) is 11.3 Å². The molecule has 1 saturated heterocycles. The summed E-state index contributed by atoms with van der Waals surface area (Å²) in [6.45, 7) is 5.23. The second-order valence-corrected chi connectivity index (χ2v) is 8.00. The zero-order valence-corrected chi connectivity index (χ0v) is 17.3. The minimum absolute atomic E-state index is 0.448. The number of hydrogen-bond acceptors (Lipinski definition) is 8. The van der Waals surface area contributed by atoms with Gasteiger partial charge in [-0.25, -0.2) is 9.97 Å². The van der Waals surface area contributed by atoms with Crippen molar-refractivity contribution in [2.45, 2.75) is 45.1 Å². The fourth-order valence-electron chi connectivity index (χ4n) is 4.20. The molecule has 2 aliphatic rings. The van der Waals surface area contributed by atoms with Crippen molar-refractivity contribution in [1.82, 2.24) is 24.9 Å². The van der Waals surface area contributed by atoms with Crippen molar-refractivity contribution in [3.8, 4) is 0 Å². The number of hydrogen-bond donors (Lipinski definition) is 3. The molecule has 0 atom stereocenters. The van der Waals surface area contributed by atoms with Crippen molar-refractivity contribution < 1.29 is 4.74 Å². The van der Waals surface area contributed by atoms with E-state index in [-0.39, 0.29) is 0 Å². The van der Waals surface area contributed by atoms with Crippen molar-refractivity contribution in [3.63, 3.8) is 0 Å². The quantitative estimate of drug-likeness (QED) is 0.590. The van der Waals surface area contributed by atoms with Crippen LogP contribution in [0.15, 0.2) is 18.5 Å². The minimum atomic E-state index is 0.448. The zero-order valence-electron chi connectivity index (χ0n) is 17.3. The maximum absolute atomic E-state index is 5.44. The van der Waals surface area contributed by atoms with E-state index in [1.54, 1.807) is 6.33 Å². The molecule has 9 heteroatoms. The first-order valence-electron chi connectivity index (χ1n) is 10.8. The van der Waals surface area contributed by atoms with Gasteiger partial charge in [0.05, 0.1) is 30.9 Å². The highest BCUT2D eigenvalue weighted by Crippen LogP contribution is 2.27. The first-order valence-corrected chi connectivity index (χ1v) is 10.8. The number of nitrogens with one attached hydrogen (secondary N) is 3. The summed E-state index contributed by atoms with van der Waals surface area (Å²) in [6, 6.07) is 4.53. The SMILES string of the molecule is Cc1nc(N2CCOCC2)ccc1Nc1nc(NC2CCCCC2)c2[nH]cnc2n1. The van der Waals surface area contributed by atoms with Crippen LogP contribution in [0.25, 0.3) is 11.2 Å². The second kappa shape index (κ2) is 8.43. The Kier molecular flexibility index (Phi) is 5.35. The highest BCUT2D eigenvalue weighted by molar-refractivity contribution is 5.84. The van der Waals surface area contributed by atoms with Gasteiger partial charge in [0.2, 0.25) is 5.95 Å². The Morgan fingerprint density at radius 3 is 2.70 bits per heavy atom. The van der Waals surface area contributed by atoms with E-state index < -0.39 is 0 Å². The number of H-pyrrole nitrogens is 1. The first kappa shape index (κ1) is 19.0. The van der Waals surface area contributed by atoms with Gasteiger partial charge in [0.15, 0.2) is 11.5 Å². The third-order valence-electron chi connectivity index (χ3n) is 5.88. The van der Waals surface area contributed by atoms with Crippen LogP contribution in [-0.2, 0) is 4.74 Å². The molecule has 1 aliphatic heterocycles. The summed E-state index contributed by atoms with van der Waals surface area (Å²) in [5.74, 6) is 2.31. The monoisotopic (exact) mass is 408 g/mol. The number of anilines is 4. The molecule has 158 valence electrons. The van der Waals surface area contributed by atoms with E-state index in [0.717, 1.165) is 54.8 Å². The molecule has 2 fully saturated rings. The average molecular weight is 409 g/mol. The largest absolute Gasteiger partial charge is 0.378 e. The van der Waals surface area contributed by atoms with Crippen LogP contribution in [0.3, 0.4) is 0 Å². The van der Waals surface area contributed by atoms with Crippen molar-refractivity contribution in [1.29, 1.82) is 0 Å². The number of pyridine rings is 1. The molecule has 1 saturated carbocycles. The number of imidazole rings is 1. The van der Waals surface area contributed by atoms with Crippen molar-refractivity contribution in [2.75, 3.05) is 41.8 Å². The Bertz CT molecular complexity index is 1010. The fourth-order valence-corrected chi connectivity index (χ4v) is 4.20. The molecule has 0 spiro atoms. The fraction of sp³-hybridized carbons (Fsp3) is 0.524. The summed E-state index contributed by atoms with van der Waals surface area (Å²) in [5, 5.41) is 6.95. The molecule has 3 aromatic heterocycles. The minimum Gasteiger partial charge on any atom is -0.378 e. The topological polar surface area (TPSA) is 104 Å². The average Bonchev–Trinajstić information content (AvgIpc) is 3.26. The summed E-state index contributed by atoms with van der Waals surface area (Å²) in [6.07, 6.45) is 7.86. The Hall–Kier alpha value is -2.94. The lowest BCUT2D eigenvalue weighted by Gasteiger charge is -2.28. The summed E-state index contributed by atoms with van der Waals surface area (Å²) in [4.78, 5) is 23.9. The molecule has 0 radical (unpaired) electrons. The van der Waals surface area contributed by atoms with Crippen molar-refractivity contribution >= 4 is 34.4 Å². The highest BCUT2D eigenvalue weighted by Gasteiger charge is 2.18. The van der Waals surface area contributed by atoms with Crippen LogP contribution in [0.1, 0.15) is 37.8 Å². The molecular formula is C21H28N8O. The summed E-state index contributed by atoms with van der Waals surface area (Å²) < 4.78 is 5.44. The van der Waals surface area contributed by atoms with Crippen LogP contribution in [0.5, 0.6) is 0 Å². The number of nitrogens with zero attached hydrogens (tertiary/aromatic N) is 5. The number of ether oxygens (including phenoxy) is 1. The molecule has 0 amide bonds. The zero-order chi connectivity index (χ0) is 20.3. The van der Waals surface area contributed by atoms with E-state index in [4.69, 9.17) is 14.7 Å². The number of morpholine rings is 1. The van der Waals surface area contributed by atoms with Crippen LogP contribution in [-0.4, -0.2) is 57.3 Å². The van der Waals surface area contributed by atoms with Crippen molar-refractivity contribution in [3.05, 3.63) is 24.2 Å². The maximum Gasteiger partial charge on any atom is 0.231 e. The van der Waals surface area contributed by atoms with E-state index >= 15 is 0 Å². The van der Waals surface area contributed by atoms with Gasteiger partial charge in [0.25, 0.3) is 0 Å². The lowest BCUT2D eigenvalue weighted by atomic mass is 9.95. The summed E-state index contributed by atoms with van der Waals surface area (Å²) in [7, 11) is 0. The predicted molar refractivity (Wildman–Crippen MR) is 117 cm³/mol. The Balaban J connectivity index is 1.38. The van der Waals surface area contributed by atoms with Gasteiger partial charge in [-0.1, -0.05) is 19.3 Å². The summed E-state index contributed by atoms with van der Waals surface area (Å²) >= 11 is 0. The predicted octanol–water partition coefficient (Wildman–Crippen LogP) is 3.38. The molecule has 0 aromatic carbocycles. The molecule has 3 aromatic rings. The van der Waals surface area contributed by atoms with Crippen LogP contribution in [0.2, 0.25) is 0 Å². The third-order valence-corrected chi connectivity index (χ3v) is 5.88. The van der Waals surface area contributed by atoms with Gasteiger partial charge in [-0.05, 0) is 31.9 Å². The lowest BCUT2D eigenvalue weighted by Crippen LogP contribution is -2.36. The van der Waals surface area contributed by atoms with E-state index in [0.29, 0.717) is 17.6 Å². The van der Waals surface area contributed by atoms with Gasteiger partial charge in [-0.15, -0.1) is 0 Å². The molecule has 4 heterocycles. The normalized spacial score (nSPS) is 18.0. The van der Waals surface area contributed by atoms with E-state index in [9.17, 15) is 0 Å². The smallest absolute Gasteiger partial charge is 0.231 e. The second-order valence-electron chi connectivity index (χ2n) is 8.00. The van der Waals surface area contributed by atoms with Gasteiger partial charge in [0, 0.05) is 19.1 Å². The number of rotatable bonds is 5. The van der Waals surface area contributed by atoms with E-state index in [1.807, 2.05) is 19.1 Å². The molecular weight excluding hydrogens is 380 g/mol. The third kappa shape index (κ3) is 4.02. The number of aromatic amines is 1. The van der Waals surface area contributed by atoms with Gasteiger partial charge in [-0.3, -0.25) is 0 Å². The van der Waals surface area contributed by atoms with E-state index in [1.165, 1.54) is 32.1 Å². The molecule has 5 rings (SSSR count). The van der Waals surface area contributed by atoms with Crippen LogP contribution < -0.4 is 15.5 Å². The highest BCUT2D eigenvalue weighted by atomic mass is 16.5. The molecule has 0 bridgehead atoms. The Morgan fingerprint density at radius 2 is 1.90 bits per heavy atom. The van der Waals surface area contributed by atoms with Crippen LogP contribution in [0.4, 0.5) is 23.3 Å². The molecule has 9 nitrogen and oxygen atoms in total. The molecule has 3 N–H and O–H groups in total. The first-order chi connectivity index (χ1) is 14.8. The lowest BCUT2D eigenvalue weighted by molar-refractivity contribution is 0.122. The van der Waals surface area contributed by atoms with Crippen molar-refractivity contribution in [2.24, 2.45) is 0 Å². The van der Waals surface area contributed by atoms with Gasteiger partial charge < -0.3 is 25.3 Å². The number of aryl methyl sites for hydroxylation is 1. The molecule has 1 aliphatic carbocycles. The Morgan fingerprint density at radius 1 is 1.07 bits per heavy atom. The van der Waals surface area contributed by atoms with E-state index in [2.05, 4.69) is 30.5 Å². The maximum atomic E-state index is 5.44. The molecule has 30 heavy (non-hydrogen) atoms. The number of fused-ring (bicyclic) bond motifs is 1. The number of aromatic nitrogens is 5. The van der Waals surface area contributed by atoms with Gasteiger partial charge >= 0.3 is 0 Å². The van der Waals surface area contributed by atoms with Gasteiger partial charge in [-0.2, -0.15) is 9.97 Å².